The highest BCUT2D eigenvalue weighted by atomic mass is 79.9. The zero-order valence-corrected chi connectivity index (χ0v) is 4.64. The van der Waals surface area contributed by atoms with E-state index < -0.39 is 0 Å². The first-order valence-corrected chi connectivity index (χ1v) is 2.39. The second kappa shape index (κ2) is 1.51. The molecule has 2 nitrogen and oxygen atoms in total. The molecule has 0 atom stereocenters. The van der Waals surface area contributed by atoms with Crippen molar-refractivity contribution >= 4 is 26.9 Å². The van der Waals surface area contributed by atoms with Crippen LogP contribution in [0.3, 0.4) is 0 Å². The fraction of sp³-hybridized carbons (Fsp3) is 0.333. The SMILES string of the molecule is BrC1=NC=NC1. The van der Waals surface area contributed by atoms with Crippen molar-refractivity contribution in [2.45, 2.75) is 0 Å². The van der Waals surface area contributed by atoms with Crippen LogP contribution < -0.4 is 0 Å². The Labute approximate surface area is 44.1 Å². The quantitative estimate of drug-likeness (QED) is 0.484. The zero-order chi connectivity index (χ0) is 4.41. The van der Waals surface area contributed by atoms with E-state index in [1.54, 1.807) is 6.34 Å². The van der Waals surface area contributed by atoms with Crippen molar-refractivity contribution in [3.63, 3.8) is 0 Å². The van der Waals surface area contributed by atoms with Gasteiger partial charge in [-0.05, 0) is 15.9 Å². The summed E-state index contributed by atoms with van der Waals surface area (Å²) in [5.41, 5.74) is 0. The highest BCUT2D eigenvalue weighted by Crippen LogP contribution is 1.93. The van der Waals surface area contributed by atoms with Crippen molar-refractivity contribution in [2.75, 3.05) is 6.54 Å². The van der Waals surface area contributed by atoms with Gasteiger partial charge in [0.25, 0.3) is 0 Å². The zero-order valence-electron chi connectivity index (χ0n) is 3.06. The summed E-state index contributed by atoms with van der Waals surface area (Å²) >= 11 is 3.16. The smallest absolute Gasteiger partial charge is 0.111 e. The number of halogens is 1. The molecule has 0 bridgehead atoms. The third kappa shape index (κ3) is 0.653. The molecule has 32 valence electrons. The minimum Gasteiger partial charge on any atom is -0.267 e. The lowest BCUT2D eigenvalue weighted by molar-refractivity contribution is 1.38. The molecule has 0 aliphatic carbocycles. The Bertz CT molecular complexity index is 105. The Balaban J connectivity index is 2.61. The molecule has 0 radical (unpaired) electrons. The topological polar surface area (TPSA) is 24.7 Å². The van der Waals surface area contributed by atoms with Crippen molar-refractivity contribution in [2.24, 2.45) is 9.98 Å². The Morgan fingerprint density at radius 1 is 1.83 bits per heavy atom. The average Bonchev–Trinajstić information content (AvgIpc) is 1.86. The molecule has 0 amide bonds. The summed E-state index contributed by atoms with van der Waals surface area (Å²) in [7, 11) is 0. The summed E-state index contributed by atoms with van der Waals surface area (Å²) in [5, 5.41) is 0. The Morgan fingerprint density at radius 3 is 2.83 bits per heavy atom. The molecular weight excluding hydrogens is 144 g/mol. The summed E-state index contributed by atoms with van der Waals surface area (Å²) in [5.74, 6) is 0. The van der Waals surface area contributed by atoms with Crippen molar-refractivity contribution in [1.29, 1.82) is 0 Å². The van der Waals surface area contributed by atoms with Gasteiger partial charge in [0.05, 0.1) is 6.54 Å². The number of nitrogens with zero attached hydrogens (tertiary/aromatic N) is 2. The molecular formula is C3H3BrN2. The van der Waals surface area contributed by atoms with Crippen LogP contribution in [0.15, 0.2) is 9.98 Å². The minimum atomic E-state index is 0.722. The fourth-order valence-corrected chi connectivity index (χ4v) is 0.497. The van der Waals surface area contributed by atoms with E-state index in [2.05, 4.69) is 25.9 Å². The molecule has 0 unspecified atom stereocenters. The maximum absolute atomic E-state index is 3.79. The fourth-order valence-electron chi connectivity index (χ4n) is 0.260. The lowest BCUT2D eigenvalue weighted by Crippen LogP contribution is -1.81. The van der Waals surface area contributed by atoms with Gasteiger partial charge in [0.15, 0.2) is 0 Å². The maximum Gasteiger partial charge on any atom is 0.111 e. The molecule has 0 saturated heterocycles. The predicted octanol–water partition coefficient (Wildman–Crippen LogP) is 0.822. The van der Waals surface area contributed by atoms with Gasteiger partial charge < -0.3 is 0 Å². The van der Waals surface area contributed by atoms with E-state index in [1.165, 1.54) is 0 Å². The van der Waals surface area contributed by atoms with Gasteiger partial charge >= 0.3 is 0 Å². The molecule has 1 heterocycles. The molecule has 0 aromatic heterocycles. The van der Waals surface area contributed by atoms with Crippen LogP contribution in [0, 0.1) is 0 Å². The second-order valence-corrected chi connectivity index (χ2v) is 1.88. The van der Waals surface area contributed by atoms with Crippen molar-refractivity contribution in [3.05, 3.63) is 0 Å². The van der Waals surface area contributed by atoms with Crippen LogP contribution in [0.2, 0.25) is 0 Å². The average molecular weight is 147 g/mol. The number of rotatable bonds is 0. The molecule has 0 aromatic carbocycles. The van der Waals surface area contributed by atoms with Crippen LogP contribution >= 0.6 is 15.9 Å². The summed E-state index contributed by atoms with van der Waals surface area (Å²) < 4.78 is 0.919. The molecule has 0 fully saturated rings. The van der Waals surface area contributed by atoms with Crippen LogP contribution in [0.5, 0.6) is 0 Å². The van der Waals surface area contributed by atoms with Gasteiger partial charge in [-0.2, -0.15) is 0 Å². The van der Waals surface area contributed by atoms with E-state index in [0.29, 0.717) is 0 Å². The van der Waals surface area contributed by atoms with E-state index >= 15 is 0 Å². The summed E-state index contributed by atoms with van der Waals surface area (Å²) in [6, 6.07) is 0. The molecule has 3 heteroatoms. The molecule has 1 rings (SSSR count). The highest BCUT2D eigenvalue weighted by molar-refractivity contribution is 9.18. The molecule has 1 aliphatic heterocycles. The molecule has 0 N–H and O–H groups in total. The first-order valence-electron chi connectivity index (χ1n) is 1.60. The maximum atomic E-state index is 3.79. The van der Waals surface area contributed by atoms with Gasteiger partial charge in [-0.1, -0.05) is 0 Å². The molecule has 0 saturated carbocycles. The Kier molecular flexibility index (Phi) is 1.01. The first kappa shape index (κ1) is 3.99. The van der Waals surface area contributed by atoms with E-state index in [0.717, 1.165) is 11.2 Å². The molecule has 0 spiro atoms. The van der Waals surface area contributed by atoms with Gasteiger partial charge in [0.2, 0.25) is 0 Å². The lowest BCUT2D eigenvalue weighted by Gasteiger charge is -1.72. The van der Waals surface area contributed by atoms with Gasteiger partial charge in [0, 0.05) is 0 Å². The Morgan fingerprint density at radius 2 is 2.67 bits per heavy atom. The molecule has 6 heavy (non-hydrogen) atoms. The van der Waals surface area contributed by atoms with Crippen LogP contribution in [0.25, 0.3) is 0 Å². The third-order valence-electron chi connectivity index (χ3n) is 0.501. The van der Waals surface area contributed by atoms with Crippen LogP contribution in [-0.4, -0.2) is 17.5 Å². The van der Waals surface area contributed by atoms with Crippen molar-refractivity contribution < 1.29 is 0 Å². The van der Waals surface area contributed by atoms with Gasteiger partial charge in [-0.25, -0.2) is 4.99 Å². The normalized spacial score (nSPS) is 18.5. The van der Waals surface area contributed by atoms with Gasteiger partial charge in [-0.15, -0.1) is 0 Å². The summed E-state index contributed by atoms with van der Waals surface area (Å²) in [4.78, 5) is 7.57. The van der Waals surface area contributed by atoms with E-state index in [9.17, 15) is 0 Å². The predicted molar refractivity (Wildman–Crippen MR) is 29.7 cm³/mol. The molecule has 1 aliphatic rings. The highest BCUT2D eigenvalue weighted by Gasteiger charge is 1.91. The first-order chi connectivity index (χ1) is 2.89. The van der Waals surface area contributed by atoms with Crippen LogP contribution in [-0.2, 0) is 0 Å². The summed E-state index contributed by atoms with van der Waals surface area (Å²) in [6.07, 6.45) is 1.55. The van der Waals surface area contributed by atoms with Crippen molar-refractivity contribution in [1.82, 2.24) is 0 Å². The lowest BCUT2D eigenvalue weighted by atomic mass is 10.8. The second-order valence-electron chi connectivity index (χ2n) is 0.962. The van der Waals surface area contributed by atoms with Crippen LogP contribution in [0.4, 0.5) is 0 Å². The standard InChI is InChI=1S/C3H3BrN2/c4-3-1-5-2-6-3/h2H,1H2. The van der Waals surface area contributed by atoms with Crippen LogP contribution in [0.1, 0.15) is 0 Å². The van der Waals surface area contributed by atoms with E-state index in [4.69, 9.17) is 0 Å². The largest absolute Gasteiger partial charge is 0.267 e. The summed E-state index contributed by atoms with van der Waals surface area (Å²) in [6.45, 7) is 0.722. The van der Waals surface area contributed by atoms with E-state index in [-0.39, 0.29) is 0 Å². The third-order valence-corrected chi connectivity index (χ3v) is 0.957. The Hall–Kier alpha value is -0.180. The number of hydrogen-bond donors (Lipinski definition) is 0. The number of aliphatic imine (C=N–C) groups is 2. The number of hydrogen-bond acceptors (Lipinski definition) is 2. The molecule has 0 aromatic rings. The minimum absolute atomic E-state index is 0.722. The van der Waals surface area contributed by atoms with E-state index in [1.807, 2.05) is 0 Å². The monoisotopic (exact) mass is 146 g/mol. The van der Waals surface area contributed by atoms with Gasteiger partial charge in [-0.3, -0.25) is 4.99 Å². The van der Waals surface area contributed by atoms with Gasteiger partial charge in [0.1, 0.15) is 11.0 Å². The van der Waals surface area contributed by atoms with Crippen molar-refractivity contribution in [3.8, 4) is 0 Å².